The topological polar surface area (TPSA) is 56.5 Å². The first-order chi connectivity index (χ1) is 9.72. The van der Waals surface area contributed by atoms with Crippen LogP contribution in [-0.4, -0.2) is 24.7 Å². The molecular weight excluding hydrogens is 294 g/mol. The molecule has 106 valence electrons. The molecule has 0 bridgehead atoms. The number of aryl methyl sites for hydroxylation is 2. The number of aromatic nitrogens is 5. The maximum atomic E-state index is 5.95. The van der Waals surface area contributed by atoms with Gasteiger partial charge in [0.15, 0.2) is 5.16 Å². The average molecular weight is 310 g/mol. The molecular formula is C13H16ClN5S. The molecule has 2 aromatic rings. The van der Waals surface area contributed by atoms with Gasteiger partial charge < -0.3 is 4.57 Å². The molecule has 0 saturated carbocycles. The fourth-order valence-electron chi connectivity index (χ4n) is 2.35. The SMILES string of the molecule is Cc1cc(Cl)nc(CSc2nnc3n2CCCCC3)n1. The summed E-state index contributed by atoms with van der Waals surface area (Å²) in [7, 11) is 0. The van der Waals surface area contributed by atoms with Gasteiger partial charge in [0.1, 0.15) is 16.8 Å². The van der Waals surface area contributed by atoms with E-state index >= 15 is 0 Å². The maximum absolute atomic E-state index is 5.95. The van der Waals surface area contributed by atoms with Crippen LogP contribution in [-0.2, 0) is 18.7 Å². The van der Waals surface area contributed by atoms with Gasteiger partial charge in [0.05, 0.1) is 5.75 Å². The Hall–Kier alpha value is -1.14. The molecule has 0 spiro atoms. The van der Waals surface area contributed by atoms with Gasteiger partial charge in [-0.15, -0.1) is 10.2 Å². The second kappa shape index (κ2) is 6.10. The van der Waals surface area contributed by atoms with Crippen molar-refractivity contribution < 1.29 is 0 Å². The van der Waals surface area contributed by atoms with Gasteiger partial charge in [0.2, 0.25) is 0 Å². The van der Waals surface area contributed by atoms with E-state index in [4.69, 9.17) is 11.6 Å². The molecule has 0 aliphatic carbocycles. The van der Waals surface area contributed by atoms with Gasteiger partial charge >= 0.3 is 0 Å². The summed E-state index contributed by atoms with van der Waals surface area (Å²) >= 11 is 7.58. The summed E-state index contributed by atoms with van der Waals surface area (Å²) in [6, 6.07) is 1.76. The molecule has 0 radical (unpaired) electrons. The lowest BCUT2D eigenvalue weighted by atomic mass is 10.2. The smallest absolute Gasteiger partial charge is 0.191 e. The molecule has 3 rings (SSSR count). The highest BCUT2D eigenvalue weighted by molar-refractivity contribution is 7.98. The predicted molar refractivity (Wildman–Crippen MR) is 78.9 cm³/mol. The number of fused-ring (bicyclic) bond motifs is 1. The highest BCUT2D eigenvalue weighted by Crippen LogP contribution is 2.24. The van der Waals surface area contributed by atoms with E-state index in [2.05, 4.69) is 24.7 Å². The summed E-state index contributed by atoms with van der Waals surface area (Å²) in [6.45, 7) is 2.94. The number of thioether (sulfide) groups is 1. The zero-order chi connectivity index (χ0) is 13.9. The quantitative estimate of drug-likeness (QED) is 0.644. The highest BCUT2D eigenvalue weighted by Gasteiger charge is 2.15. The Morgan fingerprint density at radius 1 is 1.25 bits per heavy atom. The van der Waals surface area contributed by atoms with Crippen LogP contribution in [0.1, 0.15) is 36.6 Å². The number of nitrogens with zero attached hydrogens (tertiary/aromatic N) is 5. The predicted octanol–water partition coefficient (Wildman–Crippen LogP) is 3.05. The average Bonchev–Trinajstić information content (AvgIpc) is 2.63. The number of rotatable bonds is 3. The Morgan fingerprint density at radius 2 is 2.15 bits per heavy atom. The Morgan fingerprint density at radius 3 is 3.00 bits per heavy atom. The molecule has 20 heavy (non-hydrogen) atoms. The first-order valence-electron chi connectivity index (χ1n) is 6.77. The fraction of sp³-hybridized carbons (Fsp3) is 0.538. The van der Waals surface area contributed by atoms with E-state index in [-0.39, 0.29) is 0 Å². The number of halogens is 1. The standard InChI is InChI=1S/C13H16ClN5S/c1-9-7-10(14)16-11(15-9)8-20-13-18-17-12-5-3-2-4-6-19(12)13/h7H,2-6,8H2,1H3. The van der Waals surface area contributed by atoms with Gasteiger partial charge in [-0.2, -0.15) is 0 Å². The van der Waals surface area contributed by atoms with Crippen LogP contribution >= 0.6 is 23.4 Å². The Bertz CT molecular complexity index is 593. The summed E-state index contributed by atoms with van der Waals surface area (Å²) in [5, 5.41) is 10.0. The number of hydrogen-bond acceptors (Lipinski definition) is 5. The third-order valence-electron chi connectivity index (χ3n) is 3.28. The van der Waals surface area contributed by atoms with E-state index in [1.807, 2.05) is 6.92 Å². The van der Waals surface area contributed by atoms with Crippen molar-refractivity contribution in [2.45, 2.75) is 50.1 Å². The van der Waals surface area contributed by atoms with Gasteiger partial charge in [-0.05, 0) is 25.8 Å². The molecule has 5 nitrogen and oxygen atoms in total. The molecule has 0 saturated heterocycles. The lowest BCUT2D eigenvalue weighted by Gasteiger charge is -2.06. The Kier molecular flexibility index (Phi) is 4.21. The van der Waals surface area contributed by atoms with Gasteiger partial charge in [0.25, 0.3) is 0 Å². The monoisotopic (exact) mass is 309 g/mol. The fourth-order valence-corrected chi connectivity index (χ4v) is 3.44. The summed E-state index contributed by atoms with van der Waals surface area (Å²) in [5.74, 6) is 2.51. The minimum Gasteiger partial charge on any atom is -0.306 e. The van der Waals surface area contributed by atoms with Gasteiger partial charge in [-0.1, -0.05) is 29.8 Å². The van der Waals surface area contributed by atoms with Crippen molar-refractivity contribution in [2.75, 3.05) is 0 Å². The number of hydrogen-bond donors (Lipinski definition) is 0. The first-order valence-corrected chi connectivity index (χ1v) is 8.13. The van der Waals surface area contributed by atoms with Crippen molar-refractivity contribution >= 4 is 23.4 Å². The van der Waals surface area contributed by atoms with E-state index < -0.39 is 0 Å². The zero-order valence-corrected chi connectivity index (χ0v) is 12.9. The van der Waals surface area contributed by atoms with Crippen LogP contribution < -0.4 is 0 Å². The molecule has 0 unspecified atom stereocenters. The van der Waals surface area contributed by atoms with Crippen LogP contribution in [0.25, 0.3) is 0 Å². The van der Waals surface area contributed by atoms with Crippen LogP contribution in [0.3, 0.4) is 0 Å². The van der Waals surface area contributed by atoms with Gasteiger partial charge in [-0.25, -0.2) is 9.97 Å². The summed E-state index contributed by atoms with van der Waals surface area (Å²) < 4.78 is 2.23. The minimum absolute atomic E-state index is 0.494. The lowest BCUT2D eigenvalue weighted by Crippen LogP contribution is -2.03. The molecule has 0 atom stereocenters. The molecule has 1 aliphatic rings. The van der Waals surface area contributed by atoms with E-state index in [0.29, 0.717) is 10.9 Å². The van der Waals surface area contributed by atoms with Crippen LogP contribution in [0.2, 0.25) is 5.15 Å². The Balaban J connectivity index is 1.73. The minimum atomic E-state index is 0.494. The van der Waals surface area contributed by atoms with Gasteiger partial charge in [-0.3, -0.25) is 0 Å². The van der Waals surface area contributed by atoms with E-state index in [1.54, 1.807) is 17.8 Å². The maximum Gasteiger partial charge on any atom is 0.191 e. The largest absolute Gasteiger partial charge is 0.306 e. The van der Waals surface area contributed by atoms with Crippen molar-refractivity contribution in [3.63, 3.8) is 0 Å². The summed E-state index contributed by atoms with van der Waals surface area (Å²) in [4.78, 5) is 8.63. The Labute approximate surface area is 127 Å². The normalized spacial score (nSPS) is 14.9. The van der Waals surface area contributed by atoms with Crippen LogP contribution in [0.15, 0.2) is 11.2 Å². The van der Waals surface area contributed by atoms with Crippen LogP contribution in [0.4, 0.5) is 0 Å². The molecule has 1 aliphatic heterocycles. The van der Waals surface area contributed by atoms with Crippen molar-refractivity contribution in [1.29, 1.82) is 0 Å². The molecule has 7 heteroatoms. The third-order valence-corrected chi connectivity index (χ3v) is 4.43. The van der Waals surface area contributed by atoms with Crippen molar-refractivity contribution in [3.8, 4) is 0 Å². The molecule has 0 amide bonds. The van der Waals surface area contributed by atoms with Gasteiger partial charge in [0, 0.05) is 18.7 Å². The molecule has 3 heterocycles. The van der Waals surface area contributed by atoms with Crippen molar-refractivity contribution in [3.05, 3.63) is 28.6 Å². The zero-order valence-electron chi connectivity index (χ0n) is 11.3. The molecule has 0 fully saturated rings. The van der Waals surface area contributed by atoms with E-state index in [0.717, 1.165) is 35.5 Å². The van der Waals surface area contributed by atoms with Crippen LogP contribution in [0.5, 0.6) is 0 Å². The van der Waals surface area contributed by atoms with Crippen molar-refractivity contribution in [1.82, 2.24) is 24.7 Å². The molecule has 0 aromatic carbocycles. The second-order valence-electron chi connectivity index (χ2n) is 4.90. The first kappa shape index (κ1) is 13.8. The highest BCUT2D eigenvalue weighted by atomic mass is 35.5. The summed E-state index contributed by atoms with van der Waals surface area (Å²) in [5.41, 5.74) is 0.890. The second-order valence-corrected chi connectivity index (χ2v) is 6.23. The van der Waals surface area contributed by atoms with Crippen molar-refractivity contribution in [2.24, 2.45) is 0 Å². The van der Waals surface area contributed by atoms with E-state index in [1.165, 1.54) is 19.3 Å². The molecule has 2 aromatic heterocycles. The van der Waals surface area contributed by atoms with E-state index in [9.17, 15) is 0 Å². The summed E-state index contributed by atoms with van der Waals surface area (Å²) in [6.07, 6.45) is 4.70. The third kappa shape index (κ3) is 3.12. The lowest BCUT2D eigenvalue weighted by molar-refractivity contribution is 0.591. The van der Waals surface area contributed by atoms with Crippen LogP contribution in [0, 0.1) is 6.92 Å². The molecule has 0 N–H and O–H groups in total.